The molecule has 3 aromatic rings. The highest BCUT2D eigenvalue weighted by atomic mass is 19.1. The Bertz CT molecular complexity index is 1530. The number of carbonyl (C=O) groups excluding carboxylic acids is 1. The number of hydrogen-bond donors (Lipinski definition) is 1. The van der Waals surface area contributed by atoms with Crippen LogP contribution >= 0.6 is 0 Å². The van der Waals surface area contributed by atoms with Crippen LogP contribution in [0.15, 0.2) is 36.4 Å². The second-order valence-corrected chi connectivity index (χ2v) is 13.7. The van der Waals surface area contributed by atoms with Crippen molar-refractivity contribution in [2.24, 2.45) is 0 Å². The molecule has 1 N–H and O–H groups in total. The molecule has 4 atom stereocenters. The van der Waals surface area contributed by atoms with E-state index in [1.165, 1.54) is 0 Å². The number of fused-ring (bicyclic) bond motifs is 2. The van der Waals surface area contributed by atoms with Gasteiger partial charge in [0.15, 0.2) is 0 Å². The molecule has 0 spiro atoms. The third-order valence-corrected chi connectivity index (χ3v) is 9.14. The highest BCUT2D eigenvalue weighted by molar-refractivity contribution is 5.87. The molecule has 0 bridgehead atoms. The van der Waals surface area contributed by atoms with Gasteiger partial charge in [-0.3, -0.25) is 4.90 Å². The van der Waals surface area contributed by atoms with Gasteiger partial charge in [-0.15, -0.1) is 0 Å². The van der Waals surface area contributed by atoms with Crippen LogP contribution in [0.4, 0.5) is 15.0 Å². The number of aromatic hydroxyl groups is 1. The Morgan fingerprint density at radius 1 is 1.14 bits per heavy atom. The molecule has 236 valence electrons. The van der Waals surface area contributed by atoms with Gasteiger partial charge >= 0.3 is 12.1 Å². The number of benzene rings is 2. The highest BCUT2D eigenvalue weighted by Crippen LogP contribution is 2.41. The molecule has 0 radical (unpaired) electrons. The van der Waals surface area contributed by atoms with Crippen molar-refractivity contribution < 1.29 is 23.8 Å². The first-order chi connectivity index (χ1) is 20.9. The minimum atomic E-state index is -0.853. The average Bonchev–Trinajstić information content (AvgIpc) is 3.30. The number of aromatic nitrogens is 2. The number of carbonyl (C=O) groups is 1. The normalized spacial score (nSPS) is 24.4. The van der Waals surface area contributed by atoms with Crippen molar-refractivity contribution in [3.63, 3.8) is 0 Å². The number of hydrogen-bond acceptors (Lipinski definition) is 8. The summed E-state index contributed by atoms with van der Waals surface area (Å²) in [4.78, 5) is 28.8. The van der Waals surface area contributed by atoms with Crippen molar-refractivity contribution in [1.29, 1.82) is 0 Å². The van der Waals surface area contributed by atoms with E-state index in [4.69, 9.17) is 19.4 Å². The Morgan fingerprint density at radius 2 is 1.93 bits per heavy atom. The summed E-state index contributed by atoms with van der Waals surface area (Å²) >= 11 is 0. The van der Waals surface area contributed by atoms with E-state index in [1.807, 2.05) is 63.1 Å². The Morgan fingerprint density at radius 3 is 2.66 bits per heavy atom. The quantitative estimate of drug-likeness (QED) is 0.409. The summed E-state index contributed by atoms with van der Waals surface area (Å²) in [6.07, 6.45) is 1.66. The number of phenolic OH excluding ortho intramolecular Hbond substituents is 1. The van der Waals surface area contributed by atoms with E-state index in [1.54, 1.807) is 4.90 Å². The molecule has 6 rings (SSSR count). The maximum absolute atomic E-state index is 14.1. The molecule has 9 nitrogen and oxygen atoms in total. The minimum absolute atomic E-state index is 0.00381. The number of amides is 1. The number of rotatable bonds is 5. The van der Waals surface area contributed by atoms with Crippen LogP contribution in [0, 0.1) is 0 Å². The fourth-order valence-corrected chi connectivity index (χ4v) is 6.95. The monoisotopic (exact) mass is 605 g/mol. The van der Waals surface area contributed by atoms with Crippen molar-refractivity contribution >= 4 is 22.7 Å². The third kappa shape index (κ3) is 6.41. The van der Waals surface area contributed by atoms with Crippen molar-refractivity contribution in [2.45, 2.75) is 83.2 Å². The number of likely N-dealkylation sites (tertiary alicyclic amines) is 1. The van der Waals surface area contributed by atoms with Crippen molar-refractivity contribution in [1.82, 2.24) is 19.8 Å². The van der Waals surface area contributed by atoms with E-state index in [0.717, 1.165) is 46.3 Å². The molecule has 3 aliphatic rings. The van der Waals surface area contributed by atoms with Crippen LogP contribution in [0.1, 0.15) is 63.3 Å². The van der Waals surface area contributed by atoms with Crippen molar-refractivity contribution in [3.05, 3.63) is 53.2 Å². The molecular formula is C34H44FN5O4. The lowest BCUT2D eigenvalue weighted by atomic mass is 9.80. The first kappa shape index (κ1) is 30.4. The van der Waals surface area contributed by atoms with Gasteiger partial charge in [0.05, 0.1) is 5.69 Å². The molecule has 44 heavy (non-hydrogen) atoms. The maximum Gasteiger partial charge on any atom is 0.410 e. The van der Waals surface area contributed by atoms with Gasteiger partial charge in [0.1, 0.15) is 29.9 Å². The third-order valence-electron chi connectivity index (χ3n) is 9.14. The second-order valence-electron chi connectivity index (χ2n) is 13.7. The standard InChI is InChI=1S/C34H44FN5O4/c1-21-18-39(33(42)44-34(2,3)4)12-13-40(21)31-28-11-10-23(29-17-26(41)14-22-8-6-7-9-27(22)29)15-30(28)36-32(37-31)43-20-25-16-24(35)19-38(25)5/h6-9,14,17,21,23-25,41H,10-13,15-16,18-20H2,1-5H3/t21-,23?,24+,25-/m0/s1. The second kappa shape index (κ2) is 12.0. The predicted molar refractivity (Wildman–Crippen MR) is 168 cm³/mol. The Labute approximate surface area is 259 Å². The molecule has 0 saturated carbocycles. The van der Waals surface area contributed by atoms with Gasteiger partial charge in [-0.05, 0) is 94.8 Å². The summed E-state index contributed by atoms with van der Waals surface area (Å²) in [6.45, 7) is 10.1. The molecule has 3 heterocycles. The van der Waals surface area contributed by atoms with Gasteiger partial charge in [-0.1, -0.05) is 24.3 Å². The predicted octanol–water partition coefficient (Wildman–Crippen LogP) is 5.47. The number of likely N-dealkylation sites (N-methyl/N-ethyl adjacent to an activating group) is 1. The van der Waals surface area contributed by atoms with Crippen LogP contribution in [0.25, 0.3) is 10.8 Å². The number of phenols is 1. The molecule has 2 aliphatic heterocycles. The lowest BCUT2D eigenvalue weighted by Gasteiger charge is -2.42. The maximum atomic E-state index is 14.1. The van der Waals surface area contributed by atoms with Crippen LogP contribution in [0.5, 0.6) is 11.8 Å². The Kier molecular flexibility index (Phi) is 8.30. The summed E-state index contributed by atoms with van der Waals surface area (Å²) in [5.74, 6) is 1.29. The Balaban J connectivity index is 1.30. The SMILES string of the molecule is C[C@H]1CN(C(=O)OC(C)(C)C)CCN1c1nc(OC[C@@H]2C[C@@H](F)CN2C)nc2c1CCC(c1cc(O)cc3ccccc13)C2. The van der Waals surface area contributed by atoms with Crippen LogP contribution < -0.4 is 9.64 Å². The fourth-order valence-electron chi connectivity index (χ4n) is 6.95. The van der Waals surface area contributed by atoms with Gasteiger partial charge in [0, 0.05) is 43.8 Å². The summed E-state index contributed by atoms with van der Waals surface area (Å²) in [7, 11) is 1.92. The first-order valence-electron chi connectivity index (χ1n) is 15.8. The van der Waals surface area contributed by atoms with Gasteiger partial charge < -0.3 is 24.4 Å². The van der Waals surface area contributed by atoms with Gasteiger partial charge in [-0.25, -0.2) is 9.18 Å². The van der Waals surface area contributed by atoms with Gasteiger partial charge in [-0.2, -0.15) is 9.97 Å². The average molecular weight is 606 g/mol. The molecule has 10 heteroatoms. The van der Waals surface area contributed by atoms with Crippen LogP contribution in [-0.2, 0) is 17.6 Å². The number of piperazine rings is 1. The van der Waals surface area contributed by atoms with Crippen LogP contribution in [-0.4, -0.2) is 94.7 Å². The molecule has 1 unspecified atom stereocenters. The largest absolute Gasteiger partial charge is 0.508 e. The summed E-state index contributed by atoms with van der Waals surface area (Å²) in [5.41, 5.74) is 2.62. The molecule has 2 aromatic carbocycles. The fraction of sp³-hybridized carbons (Fsp3) is 0.559. The van der Waals surface area contributed by atoms with Crippen LogP contribution in [0.2, 0.25) is 0 Å². The Hall–Kier alpha value is -3.66. The van der Waals surface area contributed by atoms with Gasteiger partial charge in [0.25, 0.3) is 0 Å². The van der Waals surface area contributed by atoms with Gasteiger partial charge in [0.2, 0.25) is 0 Å². The van der Waals surface area contributed by atoms with E-state index in [-0.39, 0.29) is 29.8 Å². The topological polar surface area (TPSA) is 91.3 Å². The van der Waals surface area contributed by atoms with E-state index >= 15 is 0 Å². The minimum Gasteiger partial charge on any atom is -0.508 e. The van der Waals surface area contributed by atoms with Crippen molar-refractivity contribution in [2.75, 3.05) is 44.7 Å². The molecular weight excluding hydrogens is 561 g/mol. The number of nitrogens with zero attached hydrogens (tertiary/aromatic N) is 5. The zero-order chi connectivity index (χ0) is 31.2. The number of halogens is 1. The van der Waals surface area contributed by atoms with Crippen LogP contribution in [0.3, 0.4) is 0 Å². The highest BCUT2D eigenvalue weighted by Gasteiger charge is 2.35. The van der Waals surface area contributed by atoms with E-state index in [0.29, 0.717) is 51.6 Å². The summed E-state index contributed by atoms with van der Waals surface area (Å²) < 4.78 is 25.9. The number of anilines is 1. The number of ether oxygens (including phenoxy) is 2. The van der Waals surface area contributed by atoms with Crippen molar-refractivity contribution in [3.8, 4) is 11.8 Å². The molecule has 1 amide bonds. The first-order valence-corrected chi connectivity index (χ1v) is 15.8. The summed E-state index contributed by atoms with van der Waals surface area (Å²) in [6, 6.07) is 12.1. The zero-order valence-electron chi connectivity index (χ0n) is 26.4. The number of alkyl halides is 1. The summed E-state index contributed by atoms with van der Waals surface area (Å²) in [5, 5.41) is 12.7. The molecule has 2 saturated heterocycles. The molecule has 1 aliphatic carbocycles. The van der Waals surface area contributed by atoms with E-state index < -0.39 is 11.8 Å². The molecule has 1 aromatic heterocycles. The zero-order valence-corrected chi connectivity index (χ0v) is 26.4. The lowest BCUT2D eigenvalue weighted by molar-refractivity contribution is 0.0218. The lowest BCUT2D eigenvalue weighted by Crippen LogP contribution is -2.55. The van der Waals surface area contributed by atoms with E-state index in [2.05, 4.69) is 17.9 Å². The van der Waals surface area contributed by atoms with E-state index in [9.17, 15) is 14.3 Å². The molecule has 2 fully saturated rings. The smallest absolute Gasteiger partial charge is 0.410 e.